The van der Waals surface area contributed by atoms with Crippen molar-refractivity contribution in [3.8, 4) is 0 Å². The smallest absolute Gasteiger partial charge is 0.134 e. The van der Waals surface area contributed by atoms with E-state index in [1.54, 1.807) is 25.3 Å². The third kappa shape index (κ3) is 2.26. The lowest BCUT2D eigenvalue weighted by atomic mass is 9.88. The average molecular weight is 251 g/mol. The van der Waals surface area contributed by atoms with E-state index in [0.29, 0.717) is 17.7 Å². The number of hydrogen-bond donors (Lipinski definition) is 2. The zero-order valence-corrected chi connectivity index (χ0v) is 10.6. The van der Waals surface area contributed by atoms with Crippen LogP contribution in [0, 0.1) is 0 Å². The summed E-state index contributed by atoms with van der Waals surface area (Å²) < 4.78 is 18.3. The second-order valence-corrected chi connectivity index (χ2v) is 4.59. The molecule has 0 radical (unpaired) electrons. The molecule has 1 aromatic heterocycles. The lowest BCUT2D eigenvalue weighted by Crippen LogP contribution is -2.48. The Balaban J connectivity index is 2.37. The molecule has 0 spiro atoms. The first-order chi connectivity index (χ1) is 8.59. The topological polar surface area (TPSA) is 45.4 Å². The number of alkyl halides is 1. The Morgan fingerprint density at radius 2 is 2.22 bits per heavy atom. The van der Waals surface area contributed by atoms with E-state index in [0.717, 1.165) is 5.39 Å². The molecule has 3 nitrogen and oxygen atoms in total. The van der Waals surface area contributed by atoms with Gasteiger partial charge in [0.05, 0.1) is 12.3 Å². The highest BCUT2D eigenvalue weighted by molar-refractivity contribution is 5.77. The first kappa shape index (κ1) is 13.1. The van der Waals surface area contributed by atoms with Crippen LogP contribution in [0.15, 0.2) is 34.9 Å². The summed E-state index contributed by atoms with van der Waals surface area (Å²) in [6.07, 6.45) is 1.60. The fourth-order valence-corrected chi connectivity index (χ4v) is 2.12. The first-order valence-corrected chi connectivity index (χ1v) is 6.09. The van der Waals surface area contributed by atoms with Gasteiger partial charge in [-0.3, -0.25) is 0 Å². The summed E-state index contributed by atoms with van der Waals surface area (Å²) in [6, 6.07) is 6.65. The summed E-state index contributed by atoms with van der Waals surface area (Å²) in [5.41, 5.74) is 0.0709. The fourth-order valence-electron chi connectivity index (χ4n) is 2.12. The number of halogens is 1. The van der Waals surface area contributed by atoms with E-state index in [-0.39, 0.29) is 0 Å². The predicted molar refractivity (Wildman–Crippen MR) is 69.2 cm³/mol. The molecular formula is C14H18FNO2. The Kier molecular flexibility index (Phi) is 3.68. The van der Waals surface area contributed by atoms with E-state index in [1.807, 2.05) is 19.1 Å². The Morgan fingerprint density at radius 1 is 1.44 bits per heavy atom. The maximum absolute atomic E-state index is 13.0. The quantitative estimate of drug-likeness (QED) is 0.858. The molecule has 1 aromatic carbocycles. The second-order valence-electron chi connectivity index (χ2n) is 4.59. The van der Waals surface area contributed by atoms with Gasteiger partial charge in [-0.15, -0.1) is 0 Å². The van der Waals surface area contributed by atoms with Crippen LogP contribution in [0.5, 0.6) is 0 Å². The van der Waals surface area contributed by atoms with E-state index >= 15 is 0 Å². The fraction of sp³-hybridized carbons (Fsp3) is 0.429. The molecule has 0 saturated carbocycles. The highest BCUT2D eigenvalue weighted by Gasteiger charge is 2.33. The monoisotopic (exact) mass is 251 g/mol. The van der Waals surface area contributed by atoms with Crippen LogP contribution in [0.4, 0.5) is 4.39 Å². The van der Waals surface area contributed by atoms with Crippen LogP contribution in [0.2, 0.25) is 0 Å². The molecule has 0 fully saturated rings. The van der Waals surface area contributed by atoms with Crippen molar-refractivity contribution in [2.75, 3.05) is 13.2 Å². The van der Waals surface area contributed by atoms with E-state index < -0.39 is 18.3 Å². The normalized spacial score (nSPS) is 16.7. The number of likely N-dealkylation sites (N-methyl/N-ethyl adjacent to an activating group) is 1. The van der Waals surface area contributed by atoms with E-state index in [9.17, 15) is 9.50 Å². The highest BCUT2D eigenvalue weighted by atomic mass is 19.1. The Labute approximate surface area is 106 Å². The molecule has 0 bridgehead atoms. The van der Waals surface area contributed by atoms with Crippen LogP contribution in [0.3, 0.4) is 0 Å². The highest BCUT2D eigenvalue weighted by Crippen LogP contribution is 2.28. The molecule has 2 rings (SSSR count). The summed E-state index contributed by atoms with van der Waals surface area (Å²) >= 11 is 0. The lowest BCUT2D eigenvalue weighted by molar-refractivity contribution is 0.00704. The van der Waals surface area contributed by atoms with Gasteiger partial charge in [-0.2, -0.15) is 0 Å². The van der Waals surface area contributed by atoms with Crippen molar-refractivity contribution in [1.82, 2.24) is 5.32 Å². The molecular weight excluding hydrogens is 233 g/mol. The zero-order valence-electron chi connectivity index (χ0n) is 10.6. The zero-order chi connectivity index (χ0) is 13.2. The summed E-state index contributed by atoms with van der Waals surface area (Å²) in [5.74, 6) is 0. The van der Waals surface area contributed by atoms with Gasteiger partial charge in [-0.25, -0.2) is 4.39 Å². The molecule has 0 aliphatic heterocycles. The molecule has 2 atom stereocenters. The van der Waals surface area contributed by atoms with Gasteiger partial charge in [0.25, 0.3) is 0 Å². The second kappa shape index (κ2) is 5.08. The Hall–Kier alpha value is -1.39. The van der Waals surface area contributed by atoms with Crippen molar-refractivity contribution in [3.63, 3.8) is 0 Å². The average Bonchev–Trinajstić information content (AvgIpc) is 2.82. The lowest BCUT2D eigenvalue weighted by Gasteiger charge is -2.32. The molecule has 0 saturated heterocycles. The van der Waals surface area contributed by atoms with Crippen LogP contribution in [0.1, 0.15) is 19.4 Å². The summed E-state index contributed by atoms with van der Waals surface area (Å²) in [6.45, 7) is 3.48. The van der Waals surface area contributed by atoms with Crippen LogP contribution in [-0.2, 0) is 5.60 Å². The molecule has 2 N–H and O–H groups in total. The third-order valence-corrected chi connectivity index (χ3v) is 3.32. The standard InChI is InChI=1S/C14H18FNO2/c1-3-16-13(9-15)14(2,17)11-5-4-10-6-7-18-12(10)8-11/h4-8,13,16-17H,3,9H2,1-2H3. The maximum atomic E-state index is 13.0. The predicted octanol–water partition coefficient (Wildman–Crippen LogP) is 2.59. The van der Waals surface area contributed by atoms with Gasteiger partial charge < -0.3 is 14.8 Å². The largest absolute Gasteiger partial charge is 0.464 e. The molecule has 1 heterocycles. The van der Waals surface area contributed by atoms with Gasteiger partial charge >= 0.3 is 0 Å². The van der Waals surface area contributed by atoms with Crippen LogP contribution in [-0.4, -0.2) is 24.4 Å². The summed E-state index contributed by atoms with van der Waals surface area (Å²) in [7, 11) is 0. The molecule has 2 unspecified atom stereocenters. The maximum Gasteiger partial charge on any atom is 0.134 e. The van der Waals surface area contributed by atoms with Crippen molar-refractivity contribution in [1.29, 1.82) is 0 Å². The number of hydrogen-bond acceptors (Lipinski definition) is 3. The van der Waals surface area contributed by atoms with Crippen molar-refractivity contribution in [2.24, 2.45) is 0 Å². The number of nitrogens with one attached hydrogen (secondary N) is 1. The Bertz CT molecular complexity index is 521. The molecule has 0 amide bonds. The molecule has 0 aliphatic rings. The number of aliphatic hydroxyl groups is 1. The van der Waals surface area contributed by atoms with Gasteiger partial charge in [-0.05, 0) is 31.2 Å². The van der Waals surface area contributed by atoms with Gasteiger partial charge in [0.1, 0.15) is 17.9 Å². The van der Waals surface area contributed by atoms with Crippen molar-refractivity contribution in [2.45, 2.75) is 25.5 Å². The van der Waals surface area contributed by atoms with E-state index in [1.165, 1.54) is 0 Å². The van der Waals surface area contributed by atoms with Crippen molar-refractivity contribution >= 4 is 11.0 Å². The van der Waals surface area contributed by atoms with Crippen LogP contribution in [0.25, 0.3) is 11.0 Å². The molecule has 18 heavy (non-hydrogen) atoms. The van der Waals surface area contributed by atoms with Crippen LogP contribution < -0.4 is 5.32 Å². The first-order valence-electron chi connectivity index (χ1n) is 6.09. The summed E-state index contributed by atoms with van der Waals surface area (Å²) in [4.78, 5) is 0. The van der Waals surface area contributed by atoms with Crippen molar-refractivity contribution in [3.05, 3.63) is 36.1 Å². The van der Waals surface area contributed by atoms with Gasteiger partial charge in [0.2, 0.25) is 0 Å². The number of furan rings is 1. The number of benzene rings is 1. The van der Waals surface area contributed by atoms with E-state index in [4.69, 9.17) is 4.42 Å². The minimum atomic E-state index is -1.27. The SMILES string of the molecule is CCNC(CF)C(C)(O)c1ccc2ccoc2c1. The van der Waals surface area contributed by atoms with Gasteiger partial charge in [0, 0.05) is 5.39 Å². The molecule has 2 aromatic rings. The third-order valence-electron chi connectivity index (χ3n) is 3.32. The number of fused-ring (bicyclic) bond motifs is 1. The minimum absolute atomic E-state index is 0.605. The van der Waals surface area contributed by atoms with Gasteiger partial charge in [-0.1, -0.05) is 19.1 Å². The summed E-state index contributed by atoms with van der Waals surface area (Å²) in [5, 5.41) is 14.5. The van der Waals surface area contributed by atoms with Gasteiger partial charge in [0.15, 0.2) is 0 Å². The van der Waals surface area contributed by atoms with Crippen molar-refractivity contribution < 1.29 is 13.9 Å². The molecule has 4 heteroatoms. The van der Waals surface area contributed by atoms with Crippen LogP contribution >= 0.6 is 0 Å². The molecule has 0 aliphatic carbocycles. The minimum Gasteiger partial charge on any atom is -0.464 e. The number of rotatable bonds is 5. The Morgan fingerprint density at radius 3 is 2.89 bits per heavy atom. The molecule has 98 valence electrons. The van der Waals surface area contributed by atoms with E-state index in [2.05, 4.69) is 5.32 Å².